The first kappa shape index (κ1) is 29.7. The lowest BCUT2D eigenvalue weighted by atomic mass is 9.98. The fraction of sp³-hybridized carbons (Fsp3) is 0.0571. The predicted octanol–water partition coefficient (Wildman–Crippen LogP) is 7.85. The zero-order valence-electron chi connectivity index (χ0n) is 23.8. The van der Waals surface area contributed by atoms with Gasteiger partial charge in [-0.25, -0.2) is 13.8 Å². The average Bonchev–Trinajstić information content (AvgIpc) is 3.46. The van der Waals surface area contributed by atoms with E-state index < -0.39 is 0 Å². The topological polar surface area (TPSA) is 103 Å². The fourth-order valence-electron chi connectivity index (χ4n) is 4.30. The molecule has 5 rings (SSSR count). The standard InChI is InChI=1S/C35H28F2N4O3/c1-22(3-15-33(38)39-2)4-16-34(42)41-21-30-18-25-17-24(19-31(35(25)44-30)23-5-7-26(36)8-6-23)32-14-13-29(20-40-32)43-28-11-9-27(37)10-12-28/h3-20H,2,21,38H2,1H3,(H,41,42)/b16-4+,22-3+,33-15-. The van der Waals surface area contributed by atoms with Gasteiger partial charge in [0.25, 0.3) is 0 Å². The molecule has 2 aromatic heterocycles. The summed E-state index contributed by atoms with van der Waals surface area (Å²) in [6.07, 6.45) is 7.97. The van der Waals surface area contributed by atoms with Crippen LogP contribution in [0.25, 0.3) is 33.4 Å². The second kappa shape index (κ2) is 13.4. The molecule has 0 spiro atoms. The van der Waals surface area contributed by atoms with Crippen molar-refractivity contribution in [2.75, 3.05) is 0 Å². The lowest BCUT2D eigenvalue weighted by Crippen LogP contribution is -2.19. The summed E-state index contributed by atoms with van der Waals surface area (Å²) in [7, 11) is 0. The number of allylic oxidation sites excluding steroid dienone is 4. The van der Waals surface area contributed by atoms with E-state index >= 15 is 0 Å². The highest BCUT2D eigenvalue weighted by molar-refractivity contribution is 5.96. The quantitative estimate of drug-likeness (QED) is 0.0980. The predicted molar refractivity (Wildman–Crippen MR) is 168 cm³/mol. The molecule has 0 unspecified atom stereocenters. The van der Waals surface area contributed by atoms with E-state index in [1.54, 1.807) is 42.6 Å². The fourth-order valence-corrected chi connectivity index (χ4v) is 4.30. The van der Waals surface area contributed by atoms with Crippen molar-refractivity contribution in [3.63, 3.8) is 0 Å². The van der Waals surface area contributed by atoms with Gasteiger partial charge in [0.2, 0.25) is 5.91 Å². The number of amides is 1. The number of hydrogen-bond donors (Lipinski definition) is 2. The number of nitrogens with zero attached hydrogens (tertiary/aromatic N) is 2. The number of nitrogens with one attached hydrogen (secondary N) is 1. The van der Waals surface area contributed by atoms with Crippen molar-refractivity contribution >= 4 is 23.6 Å². The number of aliphatic imine (C=N–C) groups is 1. The molecule has 0 bridgehead atoms. The van der Waals surface area contributed by atoms with E-state index in [2.05, 4.69) is 22.0 Å². The molecule has 0 aliphatic heterocycles. The van der Waals surface area contributed by atoms with Crippen molar-refractivity contribution in [2.45, 2.75) is 13.5 Å². The largest absolute Gasteiger partial charge is 0.459 e. The molecule has 9 heteroatoms. The Morgan fingerprint density at radius 2 is 1.66 bits per heavy atom. The Morgan fingerprint density at radius 1 is 0.955 bits per heavy atom. The molecule has 0 saturated heterocycles. The third-order valence-electron chi connectivity index (χ3n) is 6.54. The van der Waals surface area contributed by atoms with Gasteiger partial charge in [-0.05, 0) is 92.0 Å². The highest BCUT2D eigenvalue weighted by Crippen LogP contribution is 2.36. The molecule has 220 valence electrons. The first-order valence-corrected chi connectivity index (χ1v) is 13.6. The van der Waals surface area contributed by atoms with E-state index in [1.807, 2.05) is 31.2 Å². The number of halogens is 2. The third kappa shape index (κ3) is 7.51. The molecule has 0 aliphatic carbocycles. The van der Waals surface area contributed by atoms with Crippen molar-refractivity contribution in [3.8, 4) is 33.9 Å². The summed E-state index contributed by atoms with van der Waals surface area (Å²) in [4.78, 5) is 20.6. The molecule has 3 N–H and O–H groups in total. The first-order chi connectivity index (χ1) is 21.3. The van der Waals surface area contributed by atoms with Crippen LogP contribution in [0.15, 0.2) is 130 Å². The Bertz CT molecular complexity index is 1890. The maximum Gasteiger partial charge on any atom is 0.244 e. The van der Waals surface area contributed by atoms with Gasteiger partial charge in [0.05, 0.1) is 18.4 Å². The second-order valence-corrected chi connectivity index (χ2v) is 9.81. The number of aromatic nitrogens is 1. The lowest BCUT2D eigenvalue weighted by Gasteiger charge is -2.09. The van der Waals surface area contributed by atoms with E-state index in [1.165, 1.54) is 42.5 Å². The van der Waals surface area contributed by atoms with Crippen LogP contribution in [0.5, 0.6) is 11.5 Å². The second-order valence-electron chi connectivity index (χ2n) is 9.81. The Balaban J connectivity index is 1.39. The zero-order valence-corrected chi connectivity index (χ0v) is 23.8. The summed E-state index contributed by atoms with van der Waals surface area (Å²) in [5.41, 5.74) is 9.96. The number of benzene rings is 3. The molecule has 44 heavy (non-hydrogen) atoms. The van der Waals surface area contributed by atoms with Crippen LogP contribution in [0.2, 0.25) is 0 Å². The SMILES string of the molecule is C=N\C(N)=C/C=C(C)/C=C/C(=O)NCc1cc2cc(-c3ccc(Oc4ccc(F)cc4)cn3)cc(-c3ccc(F)cc3)c2o1. The van der Waals surface area contributed by atoms with E-state index in [9.17, 15) is 13.6 Å². The van der Waals surface area contributed by atoms with Gasteiger partial charge in [0.1, 0.15) is 40.3 Å². The molecule has 0 saturated carbocycles. The molecule has 2 heterocycles. The monoisotopic (exact) mass is 590 g/mol. The van der Waals surface area contributed by atoms with Crippen LogP contribution in [0, 0.1) is 11.6 Å². The highest BCUT2D eigenvalue weighted by atomic mass is 19.1. The van der Waals surface area contributed by atoms with Gasteiger partial charge in [-0.2, -0.15) is 0 Å². The van der Waals surface area contributed by atoms with Gasteiger partial charge >= 0.3 is 0 Å². The normalized spacial score (nSPS) is 12.1. The molecule has 3 aromatic carbocycles. The number of furan rings is 1. The maximum atomic E-state index is 13.7. The van der Waals surface area contributed by atoms with Gasteiger partial charge in [0.15, 0.2) is 0 Å². The summed E-state index contributed by atoms with van der Waals surface area (Å²) in [5.74, 6) is 0.804. The van der Waals surface area contributed by atoms with Gasteiger partial charge < -0.3 is 20.2 Å². The smallest absolute Gasteiger partial charge is 0.244 e. The van der Waals surface area contributed by atoms with Crippen molar-refractivity contribution < 1.29 is 22.7 Å². The summed E-state index contributed by atoms with van der Waals surface area (Å²) in [6.45, 7) is 5.33. The highest BCUT2D eigenvalue weighted by Gasteiger charge is 2.15. The number of pyridine rings is 1. The number of carbonyl (C=O) groups excluding carboxylic acids is 1. The Labute approximate surface area is 252 Å². The van der Waals surface area contributed by atoms with Crippen LogP contribution in [0.1, 0.15) is 12.7 Å². The minimum Gasteiger partial charge on any atom is -0.459 e. The molecule has 0 fully saturated rings. The lowest BCUT2D eigenvalue weighted by molar-refractivity contribution is -0.116. The molecule has 0 atom stereocenters. The van der Waals surface area contributed by atoms with Gasteiger partial charge in [-0.3, -0.25) is 9.78 Å². The minimum atomic E-state index is -0.350. The van der Waals surface area contributed by atoms with Crippen molar-refractivity contribution in [1.82, 2.24) is 10.3 Å². The minimum absolute atomic E-state index is 0.152. The Hall–Kier alpha value is -5.83. The molecule has 5 aromatic rings. The number of fused-ring (bicyclic) bond motifs is 1. The van der Waals surface area contributed by atoms with Crippen LogP contribution in [-0.2, 0) is 11.3 Å². The summed E-state index contributed by atoms with van der Waals surface area (Å²) in [5, 5.41) is 3.61. The molecule has 7 nitrogen and oxygen atoms in total. The van der Waals surface area contributed by atoms with Crippen LogP contribution >= 0.6 is 0 Å². The van der Waals surface area contributed by atoms with E-state index in [-0.39, 0.29) is 29.9 Å². The van der Waals surface area contributed by atoms with Crippen LogP contribution < -0.4 is 15.8 Å². The van der Waals surface area contributed by atoms with Crippen molar-refractivity contribution in [1.29, 1.82) is 0 Å². The van der Waals surface area contributed by atoms with Crippen LogP contribution in [0.4, 0.5) is 8.78 Å². The number of nitrogens with two attached hydrogens (primary N) is 1. The van der Waals surface area contributed by atoms with Crippen molar-refractivity contribution in [3.05, 3.63) is 138 Å². The molecular formula is C35H28F2N4O3. The van der Waals surface area contributed by atoms with Crippen LogP contribution in [0.3, 0.4) is 0 Å². The molecular weight excluding hydrogens is 562 g/mol. The van der Waals surface area contributed by atoms with Gasteiger partial charge in [-0.15, -0.1) is 0 Å². The van der Waals surface area contributed by atoms with Gasteiger partial charge in [-0.1, -0.05) is 29.9 Å². The third-order valence-corrected chi connectivity index (χ3v) is 6.54. The number of ether oxygens (including phenoxy) is 1. The average molecular weight is 591 g/mol. The summed E-state index contributed by atoms with van der Waals surface area (Å²) < 4.78 is 38.9. The summed E-state index contributed by atoms with van der Waals surface area (Å²) in [6, 6.07) is 21.2. The summed E-state index contributed by atoms with van der Waals surface area (Å²) >= 11 is 0. The Morgan fingerprint density at radius 3 is 2.34 bits per heavy atom. The number of rotatable bonds is 10. The zero-order chi connectivity index (χ0) is 31.1. The molecule has 0 radical (unpaired) electrons. The van der Waals surface area contributed by atoms with Crippen molar-refractivity contribution in [2.24, 2.45) is 10.7 Å². The maximum absolute atomic E-state index is 13.7. The van der Waals surface area contributed by atoms with Gasteiger partial charge in [0, 0.05) is 22.6 Å². The Kier molecular flexibility index (Phi) is 9.05. The van der Waals surface area contributed by atoms with E-state index in [0.717, 1.165) is 27.6 Å². The van der Waals surface area contributed by atoms with E-state index in [4.69, 9.17) is 14.9 Å². The van der Waals surface area contributed by atoms with Crippen LogP contribution in [-0.4, -0.2) is 17.6 Å². The molecule has 0 aliphatic rings. The molecule has 1 amide bonds. The number of carbonyl (C=O) groups is 1. The first-order valence-electron chi connectivity index (χ1n) is 13.6. The number of hydrogen-bond acceptors (Lipinski definition) is 6. The van der Waals surface area contributed by atoms with E-state index in [0.29, 0.717) is 28.5 Å².